The molecule has 7 heteroatoms. The number of halogens is 1. The molecule has 134 valence electrons. The van der Waals surface area contributed by atoms with Gasteiger partial charge >= 0.3 is 0 Å². The monoisotopic (exact) mass is 413 g/mol. The van der Waals surface area contributed by atoms with Crippen LogP contribution in [0.15, 0.2) is 46.9 Å². The molecular formula is C19H20BrN5O. The van der Waals surface area contributed by atoms with Crippen molar-refractivity contribution in [3.63, 3.8) is 0 Å². The van der Waals surface area contributed by atoms with Crippen molar-refractivity contribution >= 4 is 21.8 Å². The number of carbonyl (C=O) groups is 1. The molecule has 0 aliphatic carbocycles. The van der Waals surface area contributed by atoms with Crippen molar-refractivity contribution in [3.8, 4) is 11.4 Å². The summed E-state index contributed by atoms with van der Waals surface area (Å²) in [4.78, 5) is 13.6. The third-order valence-electron chi connectivity index (χ3n) is 4.26. The summed E-state index contributed by atoms with van der Waals surface area (Å²) in [7, 11) is 0. The van der Waals surface area contributed by atoms with Crippen molar-refractivity contribution in [2.45, 2.75) is 33.4 Å². The Morgan fingerprint density at radius 3 is 2.69 bits per heavy atom. The topological polar surface area (TPSA) is 72.7 Å². The summed E-state index contributed by atoms with van der Waals surface area (Å²) in [5, 5.41) is 15.3. The molecule has 0 unspecified atom stereocenters. The fourth-order valence-corrected chi connectivity index (χ4v) is 3.06. The van der Waals surface area contributed by atoms with Gasteiger partial charge in [0, 0.05) is 10.0 Å². The van der Waals surface area contributed by atoms with Crippen molar-refractivity contribution in [3.05, 3.63) is 63.6 Å². The summed E-state index contributed by atoms with van der Waals surface area (Å²) < 4.78 is 0.882. The fraction of sp³-hybridized carbons (Fsp3) is 0.263. The molecule has 3 rings (SSSR count). The van der Waals surface area contributed by atoms with Gasteiger partial charge in [-0.3, -0.25) is 4.79 Å². The smallest absolute Gasteiger partial charge is 0.244 e. The first kappa shape index (κ1) is 18.3. The van der Waals surface area contributed by atoms with Gasteiger partial charge in [-0.15, -0.1) is 10.2 Å². The number of tetrazole rings is 1. The lowest BCUT2D eigenvalue weighted by atomic mass is 10.0. The van der Waals surface area contributed by atoms with Crippen molar-refractivity contribution in [2.24, 2.45) is 0 Å². The third-order valence-corrected chi connectivity index (χ3v) is 4.95. The summed E-state index contributed by atoms with van der Waals surface area (Å²) in [5.41, 5.74) is 4.35. The fourth-order valence-electron chi connectivity index (χ4n) is 2.59. The second-order valence-electron chi connectivity index (χ2n) is 6.26. The molecule has 0 aliphatic rings. The molecule has 0 bridgehead atoms. The molecule has 1 heterocycles. The maximum atomic E-state index is 12.3. The van der Waals surface area contributed by atoms with E-state index in [4.69, 9.17) is 0 Å². The van der Waals surface area contributed by atoms with Gasteiger partial charge in [-0.25, -0.2) is 0 Å². The summed E-state index contributed by atoms with van der Waals surface area (Å²) in [6, 6.07) is 13.7. The van der Waals surface area contributed by atoms with Gasteiger partial charge < -0.3 is 5.32 Å². The first-order valence-electron chi connectivity index (χ1n) is 8.33. The second kappa shape index (κ2) is 7.78. The number of nitrogens with zero attached hydrogens (tertiary/aromatic N) is 4. The van der Waals surface area contributed by atoms with Crippen LogP contribution in [0.4, 0.5) is 0 Å². The molecule has 0 radical (unpaired) electrons. The maximum Gasteiger partial charge on any atom is 0.244 e. The lowest BCUT2D eigenvalue weighted by molar-refractivity contribution is -0.122. The molecule has 0 spiro atoms. The average Bonchev–Trinajstić information content (AvgIpc) is 3.05. The molecule has 0 fully saturated rings. The van der Waals surface area contributed by atoms with Gasteiger partial charge in [0.25, 0.3) is 0 Å². The van der Waals surface area contributed by atoms with Crippen LogP contribution in [-0.2, 0) is 11.3 Å². The summed E-state index contributed by atoms with van der Waals surface area (Å²) in [6.45, 7) is 6.12. The van der Waals surface area contributed by atoms with E-state index in [1.54, 1.807) is 0 Å². The molecule has 0 saturated carbocycles. The minimum Gasteiger partial charge on any atom is -0.348 e. The number of rotatable bonds is 5. The van der Waals surface area contributed by atoms with E-state index in [0.29, 0.717) is 5.82 Å². The highest BCUT2D eigenvalue weighted by Crippen LogP contribution is 2.24. The van der Waals surface area contributed by atoms with Gasteiger partial charge in [-0.1, -0.05) is 46.3 Å². The van der Waals surface area contributed by atoms with E-state index < -0.39 is 0 Å². The number of nitrogens with one attached hydrogen (secondary N) is 1. The minimum atomic E-state index is -0.160. The van der Waals surface area contributed by atoms with Crippen LogP contribution < -0.4 is 5.32 Å². The number of benzene rings is 2. The molecule has 26 heavy (non-hydrogen) atoms. The van der Waals surface area contributed by atoms with E-state index in [1.165, 1.54) is 15.9 Å². The first-order chi connectivity index (χ1) is 12.4. The van der Waals surface area contributed by atoms with Crippen LogP contribution in [-0.4, -0.2) is 26.1 Å². The molecule has 1 N–H and O–H groups in total. The van der Waals surface area contributed by atoms with Gasteiger partial charge in [-0.2, -0.15) is 4.80 Å². The van der Waals surface area contributed by atoms with Gasteiger partial charge in [0.15, 0.2) is 0 Å². The highest BCUT2D eigenvalue weighted by atomic mass is 79.9. The molecule has 0 saturated heterocycles. The molecule has 2 aromatic carbocycles. The molecule has 1 atom stereocenters. The van der Waals surface area contributed by atoms with Gasteiger partial charge in [-0.05, 0) is 54.8 Å². The Kier molecular flexibility index (Phi) is 5.46. The number of hydrogen-bond donors (Lipinski definition) is 1. The van der Waals surface area contributed by atoms with Crippen molar-refractivity contribution in [2.75, 3.05) is 0 Å². The van der Waals surface area contributed by atoms with Crippen molar-refractivity contribution in [1.82, 2.24) is 25.5 Å². The quantitative estimate of drug-likeness (QED) is 0.693. The summed E-state index contributed by atoms with van der Waals surface area (Å²) in [5.74, 6) is 0.319. The van der Waals surface area contributed by atoms with E-state index in [1.807, 2.05) is 37.3 Å². The zero-order chi connectivity index (χ0) is 18.7. The summed E-state index contributed by atoms with van der Waals surface area (Å²) >= 11 is 3.47. The Morgan fingerprint density at radius 2 is 1.96 bits per heavy atom. The van der Waals surface area contributed by atoms with Gasteiger partial charge in [0.2, 0.25) is 11.7 Å². The zero-order valence-corrected chi connectivity index (χ0v) is 16.5. The number of amides is 1. The number of carbonyl (C=O) groups excluding carboxylic acids is 1. The highest BCUT2D eigenvalue weighted by Gasteiger charge is 2.14. The van der Waals surface area contributed by atoms with E-state index in [-0.39, 0.29) is 18.5 Å². The standard InChI is InChI=1S/C19H20BrN5O/c1-12-8-9-15(10-13(12)2)14(3)21-18(26)11-25-23-19(22-24-25)16-6-4-5-7-17(16)20/h4-10,14H,11H2,1-3H3,(H,21,26)/t14-/m0/s1. The van der Waals surface area contributed by atoms with Crippen LogP contribution in [0, 0.1) is 13.8 Å². The molecule has 1 amide bonds. The van der Waals surface area contributed by atoms with E-state index in [2.05, 4.69) is 62.6 Å². The van der Waals surface area contributed by atoms with E-state index >= 15 is 0 Å². The van der Waals surface area contributed by atoms with Crippen LogP contribution in [0.2, 0.25) is 0 Å². The van der Waals surface area contributed by atoms with Crippen LogP contribution in [0.25, 0.3) is 11.4 Å². The number of aromatic nitrogens is 4. The Labute approximate surface area is 160 Å². The van der Waals surface area contributed by atoms with Crippen molar-refractivity contribution in [1.29, 1.82) is 0 Å². The molecule has 0 aliphatic heterocycles. The predicted octanol–water partition coefficient (Wildman–Crippen LogP) is 3.60. The van der Waals surface area contributed by atoms with Crippen LogP contribution >= 0.6 is 15.9 Å². The molecule has 6 nitrogen and oxygen atoms in total. The van der Waals surface area contributed by atoms with Crippen LogP contribution in [0.5, 0.6) is 0 Å². The lowest BCUT2D eigenvalue weighted by Crippen LogP contribution is -2.30. The SMILES string of the molecule is Cc1ccc([C@H](C)NC(=O)Cn2nnc(-c3ccccc3Br)n2)cc1C. The lowest BCUT2D eigenvalue weighted by Gasteiger charge is -2.15. The Hall–Kier alpha value is -2.54. The van der Waals surface area contributed by atoms with E-state index in [9.17, 15) is 4.79 Å². The highest BCUT2D eigenvalue weighted by molar-refractivity contribution is 9.10. The van der Waals surface area contributed by atoms with Crippen LogP contribution in [0.1, 0.15) is 29.7 Å². The van der Waals surface area contributed by atoms with Gasteiger partial charge in [0.1, 0.15) is 6.54 Å². The largest absolute Gasteiger partial charge is 0.348 e. The zero-order valence-electron chi connectivity index (χ0n) is 14.9. The Balaban J connectivity index is 1.65. The second-order valence-corrected chi connectivity index (χ2v) is 7.11. The predicted molar refractivity (Wildman–Crippen MR) is 103 cm³/mol. The van der Waals surface area contributed by atoms with Crippen LogP contribution in [0.3, 0.4) is 0 Å². The van der Waals surface area contributed by atoms with E-state index in [0.717, 1.165) is 15.6 Å². The minimum absolute atomic E-state index is 0.0205. The first-order valence-corrected chi connectivity index (χ1v) is 9.12. The summed E-state index contributed by atoms with van der Waals surface area (Å²) in [6.07, 6.45) is 0. The number of hydrogen-bond acceptors (Lipinski definition) is 4. The molecule has 1 aromatic heterocycles. The van der Waals surface area contributed by atoms with Gasteiger partial charge in [0.05, 0.1) is 6.04 Å². The molecular weight excluding hydrogens is 394 g/mol. The average molecular weight is 414 g/mol. The maximum absolute atomic E-state index is 12.3. The van der Waals surface area contributed by atoms with Crippen molar-refractivity contribution < 1.29 is 4.79 Å². The Bertz CT molecular complexity index is 937. The molecule has 3 aromatic rings. The number of aryl methyl sites for hydroxylation is 2. The normalized spacial score (nSPS) is 12.0. The third kappa shape index (κ3) is 4.16. The Morgan fingerprint density at radius 1 is 1.19 bits per heavy atom.